The average Bonchev–Trinajstić information content (AvgIpc) is 2.92. The van der Waals surface area contributed by atoms with Gasteiger partial charge in [-0.3, -0.25) is 0 Å². The second kappa shape index (κ2) is 5.48. The third kappa shape index (κ3) is 2.11. The Hall–Kier alpha value is -1.04. The molecule has 0 amide bonds. The number of rotatable bonds is 2. The molecule has 0 nitrogen and oxygen atoms in total. The summed E-state index contributed by atoms with van der Waals surface area (Å²) in [4.78, 5) is 0. The maximum Gasteiger partial charge on any atom is 0.0101 e. The van der Waals surface area contributed by atoms with Crippen molar-refractivity contribution < 1.29 is 0 Å². The fraction of sp³-hybridized carbons (Fsp3) is 0.667. The zero-order valence-corrected chi connectivity index (χ0v) is 16.0. The van der Waals surface area contributed by atoms with Crippen LogP contribution < -0.4 is 0 Å². The molecule has 0 aliphatic heterocycles. The molecule has 2 fully saturated rings. The van der Waals surface area contributed by atoms with E-state index in [1.165, 1.54) is 56.1 Å². The molecule has 5 atom stereocenters. The van der Waals surface area contributed by atoms with Crippen LogP contribution in [0.15, 0.2) is 47.6 Å². The Kier molecular flexibility index (Phi) is 3.75. The average molecular weight is 323 g/mol. The number of hydrogen-bond acceptors (Lipinski definition) is 0. The molecule has 3 unspecified atom stereocenters. The van der Waals surface area contributed by atoms with E-state index in [0.29, 0.717) is 10.8 Å². The molecular weight excluding hydrogens is 288 g/mol. The van der Waals surface area contributed by atoms with Gasteiger partial charge in [0.25, 0.3) is 0 Å². The molecule has 0 aromatic heterocycles. The van der Waals surface area contributed by atoms with E-state index < -0.39 is 0 Å². The summed E-state index contributed by atoms with van der Waals surface area (Å²) in [5.74, 6) is 2.46. The molecule has 4 aliphatic carbocycles. The Balaban J connectivity index is 1.72. The molecule has 0 heterocycles. The Morgan fingerprint density at radius 2 is 2.00 bits per heavy atom. The van der Waals surface area contributed by atoms with Gasteiger partial charge < -0.3 is 0 Å². The summed E-state index contributed by atoms with van der Waals surface area (Å²) in [7, 11) is 0. The molecule has 0 aromatic carbocycles. The molecule has 0 aromatic rings. The zero-order valence-electron chi connectivity index (χ0n) is 16.0. The topological polar surface area (TPSA) is 0 Å². The van der Waals surface area contributed by atoms with Crippen LogP contribution >= 0.6 is 0 Å². The predicted molar refractivity (Wildman–Crippen MR) is 104 cm³/mol. The first-order chi connectivity index (χ1) is 11.4. The molecule has 2 saturated carbocycles. The fourth-order valence-electron chi connectivity index (χ4n) is 6.86. The van der Waals surface area contributed by atoms with E-state index in [1.54, 1.807) is 11.1 Å². The van der Waals surface area contributed by atoms with Crippen molar-refractivity contribution in [3.8, 4) is 0 Å². The van der Waals surface area contributed by atoms with Gasteiger partial charge in [-0.1, -0.05) is 68.4 Å². The lowest BCUT2D eigenvalue weighted by molar-refractivity contribution is 0.0963. The van der Waals surface area contributed by atoms with E-state index in [4.69, 9.17) is 0 Å². The van der Waals surface area contributed by atoms with Crippen LogP contribution in [0, 0.1) is 28.6 Å². The third-order valence-electron chi connectivity index (χ3n) is 8.40. The van der Waals surface area contributed by atoms with Crippen molar-refractivity contribution in [2.45, 2.75) is 72.1 Å². The van der Waals surface area contributed by atoms with E-state index in [1.807, 2.05) is 0 Å². The molecular formula is C24H34. The van der Waals surface area contributed by atoms with Gasteiger partial charge in [-0.15, -0.1) is 0 Å². The van der Waals surface area contributed by atoms with Crippen LogP contribution in [0.25, 0.3) is 0 Å². The number of fused-ring (bicyclic) bond motifs is 5. The van der Waals surface area contributed by atoms with Crippen molar-refractivity contribution in [1.29, 1.82) is 0 Å². The van der Waals surface area contributed by atoms with Crippen LogP contribution in [-0.4, -0.2) is 0 Å². The van der Waals surface area contributed by atoms with Gasteiger partial charge in [-0.05, 0) is 74.5 Å². The highest BCUT2D eigenvalue weighted by Gasteiger charge is 2.55. The Morgan fingerprint density at radius 3 is 2.75 bits per heavy atom. The SMILES string of the molecule is C=C1C=C2CCC3C(=CC[C@]4(C)C(C(=C)CC)CCC34)[C@@]2(C)CC1. The molecule has 0 N–H and O–H groups in total. The summed E-state index contributed by atoms with van der Waals surface area (Å²) in [5.41, 5.74) is 7.15. The summed E-state index contributed by atoms with van der Waals surface area (Å²) >= 11 is 0. The second-order valence-corrected chi connectivity index (χ2v) is 9.42. The van der Waals surface area contributed by atoms with Gasteiger partial charge >= 0.3 is 0 Å². The van der Waals surface area contributed by atoms with E-state index in [9.17, 15) is 0 Å². The van der Waals surface area contributed by atoms with Crippen LogP contribution in [0.4, 0.5) is 0 Å². The van der Waals surface area contributed by atoms with Gasteiger partial charge in [0.05, 0.1) is 0 Å². The van der Waals surface area contributed by atoms with Crippen LogP contribution in [0.2, 0.25) is 0 Å². The first-order valence-electron chi connectivity index (χ1n) is 10.2. The summed E-state index contributed by atoms with van der Waals surface area (Å²) in [6, 6.07) is 0. The Bertz CT molecular complexity index is 645. The van der Waals surface area contributed by atoms with E-state index in [2.05, 4.69) is 46.1 Å². The van der Waals surface area contributed by atoms with Crippen molar-refractivity contribution in [1.82, 2.24) is 0 Å². The first kappa shape index (κ1) is 16.4. The zero-order chi connectivity index (χ0) is 17.1. The minimum absolute atomic E-state index is 0.339. The second-order valence-electron chi connectivity index (χ2n) is 9.42. The molecule has 4 aliphatic rings. The molecule has 130 valence electrons. The van der Waals surface area contributed by atoms with E-state index in [-0.39, 0.29) is 0 Å². The van der Waals surface area contributed by atoms with E-state index >= 15 is 0 Å². The summed E-state index contributed by atoms with van der Waals surface area (Å²) in [6.45, 7) is 16.1. The number of allylic oxidation sites excluding steroid dienone is 6. The highest BCUT2D eigenvalue weighted by Crippen LogP contribution is 2.65. The van der Waals surface area contributed by atoms with Crippen molar-refractivity contribution in [2.75, 3.05) is 0 Å². The predicted octanol–water partition coefficient (Wildman–Crippen LogP) is 7.01. The lowest BCUT2D eigenvalue weighted by Crippen LogP contribution is -2.44. The molecule has 0 spiro atoms. The van der Waals surface area contributed by atoms with Crippen LogP contribution in [0.3, 0.4) is 0 Å². The maximum absolute atomic E-state index is 4.44. The first-order valence-corrected chi connectivity index (χ1v) is 10.2. The largest absolute Gasteiger partial charge is 0.0996 e. The van der Waals surface area contributed by atoms with Gasteiger partial charge in [-0.25, -0.2) is 0 Å². The monoisotopic (exact) mass is 322 g/mol. The van der Waals surface area contributed by atoms with Crippen LogP contribution in [0.1, 0.15) is 72.1 Å². The maximum atomic E-state index is 4.44. The quantitative estimate of drug-likeness (QED) is 0.480. The molecule has 24 heavy (non-hydrogen) atoms. The smallest absolute Gasteiger partial charge is 0.0101 e. The van der Waals surface area contributed by atoms with Crippen molar-refractivity contribution in [2.24, 2.45) is 28.6 Å². The summed E-state index contributed by atoms with van der Waals surface area (Å²) < 4.78 is 0. The van der Waals surface area contributed by atoms with Crippen molar-refractivity contribution in [3.63, 3.8) is 0 Å². The summed E-state index contributed by atoms with van der Waals surface area (Å²) in [6.07, 6.45) is 15.5. The van der Waals surface area contributed by atoms with Crippen molar-refractivity contribution >= 4 is 0 Å². The standard InChI is InChI=1S/C24H34/c1-6-17(3)20-9-10-21-19-8-7-18-15-16(2)11-13-23(18,4)22(19)12-14-24(20,21)5/h12,15,19-21H,2-3,6-11,13-14H2,1,4-5H3/t19?,20?,21?,23-,24+/m0/s1. The molecule has 0 bridgehead atoms. The minimum Gasteiger partial charge on any atom is -0.0996 e. The Morgan fingerprint density at radius 1 is 1.21 bits per heavy atom. The highest BCUT2D eigenvalue weighted by atomic mass is 14.6. The van der Waals surface area contributed by atoms with Gasteiger partial charge in [0.15, 0.2) is 0 Å². The minimum atomic E-state index is 0.339. The Labute approximate surface area is 148 Å². The van der Waals surface area contributed by atoms with Crippen molar-refractivity contribution in [3.05, 3.63) is 47.6 Å². The van der Waals surface area contributed by atoms with Crippen LogP contribution in [-0.2, 0) is 0 Å². The van der Waals surface area contributed by atoms with Gasteiger partial charge in [-0.2, -0.15) is 0 Å². The summed E-state index contributed by atoms with van der Waals surface area (Å²) in [5, 5.41) is 0. The van der Waals surface area contributed by atoms with Gasteiger partial charge in [0.2, 0.25) is 0 Å². The van der Waals surface area contributed by atoms with E-state index in [0.717, 1.165) is 24.2 Å². The highest BCUT2D eigenvalue weighted by molar-refractivity contribution is 5.43. The molecule has 0 radical (unpaired) electrons. The third-order valence-corrected chi connectivity index (χ3v) is 8.40. The number of hydrogen-bond donors (Lipinski definition) is 0. The van der Waals surface area contributed by atoms with Crippen LogP contribution in [0.5, 0.6) is 0 Å². The molecule has 0 saturated heterocycles. The normalized spacial score (nSPS) is 44.1. The van der Waals surface area contributed by atoms with Gasteiger partial charge in [0.1, 0.15) is 0 Å². The fourth-order valence-corrected chi connectivity index (χ4v) is 6.86. The van der Waals surface area contributed by atoms with Gasteiger partial charge in [0, 0.05) is 5.41 Å². The molecule has 4 rings (SSSR count). The lowest BCUT2D eigenvalue weighted by Gasteiger charge is -2.54. The lowest BCUT2D eigenvalue weighted by atomic mass is 9.51. The molecule has 0 heteroatoms.